The lowest BCUT2D eigenvalue weighted by molar-refractivity contribution is -0.141. The summed E-state index contributed by atoms with van der Waals surface area (Å²) < 4.78 is 10.8. The molecule has 1 saturated heterocycles. The summed E-state index contributed by atoms with van der Waals surface area (Å²) in [7, 11) is 1.58. The van der Waals surface area contributed by atoms with Gasteiger partial charge >= 0.3 is 5.97 Å². The number of carbonyl (C=O) groups is 2. The van der Waals surface area contributed by atoms with Crippen LogP contribution in [-0.2, 0) is 9.59 Å². The van der Waals surface area contributed by atoms with Crippen LogP contribution in [0.25, 0.3) is 6.08 Å². The summed E-state index contributed by atoms with van der Waals surface area (Å²) in [5.74, 6) is -0.0797. The summed E-state index contributed by atoms with van der Waals surface area (Å²) in [6.07, 6.45) is 2.30. The molecule has 1 unspecified atom stereocenters. The third-order valence-corrected chi connectivity index (χ3v) is 4.03. The highest BCUT2D eigenvalue weighted by Crippen LogP contribution is 2.31. The Morgan fingerprint density at radius 2 is 2.17 bits per heavy atom. The Morgan fingerprint density at radius 3 is 2.83 bits per heavy atom. The fraction of sp³-hybridized carbons (Fsp3) is 0.375. The van der Waals surface area contributed by atoms with Crippen molar-refractivity contribution in [3.63, 3.8) is 0 Å². The van der Waals surface area contributed by atoms with Gasteiger partial charge in [-0.15, -0.1) is 12.4 Å². The maximum absolute atomic E-state index is 12.5. The molecule has 6 nitrogen and oxygen atoms in total. The van der Waals surface area contributed by atoms with Gasteiger partial charge in [-0.3, -0.25) is 9.59 Å². The molecule has 7 heteroatoms. The average Bonchev–Trinajstić information content (AvgIpc) is 3.03. The highest BCUT2D eigenvalue weighted by Gasteiger charge is 2.32. The van der Waals surface area contributed by atoms with Crippen LogP contribution in [0.3, 0.4) is 0 Å². The maximum Gasteiger partial charge on any atom is 0.308 e. The molecule has 0 radical (unpaired) electrons. The molecule has 0 saturated carbocycles. The van der Waals surface area contributed by atoms with E-state index in [4.69, 9.17) is 14.6 Å². The van der Waals surface area contributed by atoms with Gasteiger partial charge in [-0.2, -0.15) is 0 Å². The quantitative estimate of drug-likeness (QED) is 0.909. The van der Waals surface area contributed by atoms with Crippen LogP contribution >= 0.6 is 12.4 Å². The molecule has 1 aromatic rings. The van der Waals surface area contributed by atoms with Gasteiger partial charge in [0.05, 0.1) is 18.6 Å². The van der Waals surface area contributed by atoms with Crippen molar-refractivity contribution in [3.8, 4) is 11.5 Å². The highest BCUT2D eigenvalue weighted by atomic mass is 35.5. The molecule has 1 N–H and O–H groups in total. The van der Waals surface area contributed by atoms with Crippen molar-refractivity contribution in [2.75, 3.05) is 26.8 Å². The SMILES string of the molecule is COc1ccc2c(c1)OCC(C(=O)N1CCC(C(=O)O)C1)=C2.Cl. The molecular formula is C16H18ClNO5. The van der Waals surface area contributed by atoms with Crippen molar-refractivity contribution in [1.82, 2.24) is 4.90 Å². The number of benzene rings is 1. The lowest BCUT2D eigenvalue weighted by atomic mass is 10.1. The molecule has 23 heavy (non-hydrogen) atoms. The van der Waals surface area contributed by atoms with E-state index in [-0.39, 0.29) is 31.5 Å². The lowest BCUT2D eigenvalue weighted by Crippen LogP contribution is -2.33. The van der Waals surface area contributed by atoms with E-state index >= 15 is 0 Å². The van der Waals surface area contributed by atoms with Gasteiger partial charge in [0.1, 0.15) is 18.1 Å². The normalized spacial score (nSPS) is 19.1. The highest BCUT2D eigenvalue weighted by molar-refractivity contribution is 5.99. The number of amides is 1. The summed E-state index contributed by atoms with van der Waals surface area (Å²) in [5, 5.41) is 9.01. The van der Waals surface area contributed by atoms with Crippen molar-refractivity contribution in [2.45, 2.75) is 6.42 Å². The van der Waals surface area contributed by atoms with E-state index in [0.29, 0.717) is 30.0 Å². The fourth-order valence-corrected chi connectivity index (χ4v) is 2.74. The van der Waals surface area contributed by atoms with Gasteiger partial charge in [0, 0.05) is 24.7 Å². The van der Waals surface area contributed by atoms with Crippen molar-refractivity contribution in [3.05, 3.63) is 29.3 Å². The van der Waals surface area contributed by atoms with E-state index in [1.165, 1.54) is 0 Å². The van der Waals surface area contributed by atoms with E-state index < -0.39 is 11.9 Å². The number of hydrogen-bond donors (Lipinski definition) is 1. The first-order valence-electron chi connectivity index (χ1n) is 7.12. The van der Waals surface area contributed by atoms with Crippen LogP contribution in [-0.4, -0.2) is 48.7 Å². The van der Waals surface area contributed by atoms with E-state index in [1.807, 2.05) is 12.1 Å². The molecule has 0 spiro atoms. The van der Waals surface area contributed by atoms with Gasteiger partial charge in [-0.1, -0.05) is 0 Å². The average molecular weight is 340 g/mol. The van der Waals surface area contributed by atoms with Gasteiger partial charge in [-0.25, -0.2) is 0 Å². The molecule has 0 aromatic heterocycles. The molecule has 1 fully saturated rings. The Labute approximate surface area is 140 Å². The van der Waals surface area contributed by atoms with Crippen molar-refractivity contribution in [1.29, 1.82) is 0 Å². The first kappa shape index (κ1) is 17.1. The van der Waals surface area contributed by atoms with Crippen LogP contribution in [0, 0.1) is 5.92 Å². The lowest BCUT2D eigenvalue weighted by Gasteiger charge is -2.22. The minimum absolute atomic E-state index is 0. The zero-order valence-corrected chi connectivity index (χ0v) is 13.5. The van der Waals surface area contributed by atoms with E-state index in [2.05, 4.69) is 0 Å². The second-order valence-electron chi connectivity index (χ2n) is 5.44. The molecule has 1 amide bonds. The second kappa shape index (κ2) is 6.91. The minimum Gasteiger partial charge on any atom is -0.497 e. The van der Waals surface area contributed by atoms with E-state index in [1.54, 1.807) is 24.2 Å². The van der Waals surface area contributed by atoms with Crippen molar-refractivity contribution < 1.29 is 24.2 Å². The second-order valence-corrected chi connectivity index (χ2v) is 5.44. The van der Waals surface area contributed by atoms with Crippen LogP contribution < -0.4 is 9.47 Å². The van der Waals surface area contributed by atoms with E-state index in [0.717, 1.165) is 5.56 Å². The first-order valence-corrected chi connectivity index (χ1v) is 7.12. The summed E-state index contributed by atoms with van der Waals surface area (Å²) in [5.41, 5.74) is 1.37. The fourth-order valence-electron chi connectivity index (χ4n) is 2.74. The zero-order valence-electron chi connectivity index (χ0n) is 12.7. The van der Waals surface area contributed by atoms with Gasteiger partial charge in [0.2, 0.25) is 0 Å². The standard InChI is InChI=1S/C16H17NO5.ClH/c1-21-13-3-2-10-6-12(9-22-14(10)7-13)15(18)17-5-4-11(8-17)16(19)20;/h2-3,6-7,11H,4-5,8-9H2,1H3,(H,19,20);1H. The third-order valence-electron chi connectivity index (χ3n) is 4.03. The first-order chi connectivity index (χ1) is 10.6. The molecule has 2 aliphatic heterocycles. The number of carboxylic acids is 1. The molecule has 3 rings (SSSR count). The third kappa shape index (κ3) is 3.42. The molecular weight excluding hydrogens is 322 g/mol. The Kier molecular flexibility index (Phi) is 5.15. The number of likely N-dealkylation sites (tertiary alicyclic amines) is 1. The topological polar surface area (TPSA) is 76.1 Å². The number of halogens is 1. The number of carbonyl (C=O) groups excluding carboxylic acids is 1. The number of methoxy groups -OCH3 is 1. The van der Waals surface area contributed by atoms with Crippen LogP contribution in [0.4, 0.5) is 0 Å². The van der Waals surface area contributed by atoms with Crippen LogP contribution in [0.1, 0.15) is 12.0 Å². The van der Waals surface area contributed by atoms with Crippen LogP contribution in [0.15, 0.2) is 23.8 Å². The van der Waals surface area contributed by atoms with Crippen molar-refractivity contribution in [2.24, 2.45) is 5.92 Å². The molecule has 1 aromatic carbocycles. The molecule has 0 bridgehead atoms. The minimum atomic E-state index is -0.846. The zero-order chi connectivity index (χ0) is 15.7. The smallest absolute Gasteiger partial charge is 0.308 e. The number of rotatable bonds is 3. The number of carboxylic acid groups (broad SMARTS) is 1. The Balaban J connectivity index is 0.00000192. The summed E-state index contributed by atoms with van der Waals surface area (Å²) in [4.78, 5) is 25.0. The number of nitrogens with zero attached hydrogens (tertiary/aromatic N) is 1. The van der Waals surface area contributed by atoms with Gasteiger partial charge in [0.15, 0.2) is 0 Å². The van der Waals surface area contributed by atoms with Crippen LogP contribution in [0.5, 0.6) is 11.5 Å². The number of hydrogen-bond acceptors (Lipinski definition) is 4. The van der Waals surface area contributed by atoms with Gasteiger partial charge in [-0.05, 0) is 24.6 Å². The maximum atomic E-state index is 12.5. The monoisotopic (exact) mass is 339 g/mol. The summed E-state index contributed by atoms with van der Waals surface area (Å²) >= 11 is 0. The summed E-state index contributed by atoms with van der Waals surface area (Å²) in [6, 6.07) is 5.43. The summed E-state index contributed by atoms with van der Waals surface area (Å²) in [6.45, 7) is 0.927. The predicted molar refractivity (Wildman–Crippen MR) is 86.0 cm³/mol. The van der Waals surface area contributed by atoms with Gasteiger partial charge in [0.25, 0.3) is 5.91 Å². The molecule has 124 valence electrons. The Hall–Kier alpha value is -2.21. The van der Waals surface area contributed by atoms with Crippen LogP contribution in [0.2, 0.25) is 0 Å². The molecule has 2 heterocycles. The number of ether oxygens (including phenoxy) is 2. The van der Waals surface area contributed by atoms with Gasteiger partial charge < -0.3 is 19.5 Å². The molecule has 0 aliphatic carbocycles. The van der Waals surface area contributed by atoms with E-state index in [9.17, 15) is 9.59 Å². The molecule has 2 aliphatic rings. The largest absolute Gasteiger partial charge is 0.497 e. The number of fused-ring (bicyclic) bond motifs is 1. The Morgan fingerprint density at radius 1 is 1.39 bits per heavy atom. The number of aliphatic carboxylic acids is 1. The molecule has 1 atom stereocenters. The van der Waals surface area contributed by atoms with Crippen molar-refractivity contribution >= 4 is 30.4 Å². The predicted octanol–water partition coefficient (Wildman–Crippen LogP) is 1.83. The Bertz CT molecular complexity index is 658.